The number of urea groups is 1. The molecule has 8 nitrogen and oxygen atoms in total. The number of nitrogens with zero attached hydrogens (tertiary/aromatic N) is 5. The fourth-order valence-corrected chi connectivity index (χ4v) is 5.70. The number of thiol groups is 1. The second-order valence-corrected chi connectivity index (χ2v) is 11.0. The third kappa shape index (κ3) is 5.64. The Labute approximate surface area is 219 Å². The van der Waals surface area contributed by atoms with Crippen LogP contribution in [0.1, 0.15) is 29.7 Å². The van der Waals surface area contributed by atoms with E-state index in [0.29, 0.717) is 0 Å². The lowest BCUT2D eigenvalue weighted by molar-refractivity contribution is -0.169. The molecule has 0 unspecified atom stereocenters. The van der Waals surface area contributed by atoms with Crippen LogP contribution in [0, 0.1) is 22.7 Å². The van der Waals surface area contributed by atoms with E-state index in [2.05, 4.69) is 4.36 Å². The fraction of sp³-hybridized carbons (Fsp3) is 0.250. The molecule has 0 bridgehead atoms. The molecule has 0 spiro atoms. The number of nitriles is 2. The zero-order valence-electron chi connectivity index (χ0n) is 20.3. The molecule has 0 fully saturated rings. The summed E-state index contributed by atoms with van der Waals surface area (Å²) in [4.78, 5) is 26.5. The van der Waals surface area contributed by atoms with Crippen LogP contribution in [0.2, 0.25) is 0 Å². The van der Waals surface area contributed by atoms with Gasteiger partial charge in [-0.2, -0.15) is 41.2 Å². The molecular formula is C24H19F6N5O3S. The van der Waals surface area contributed by atoms with E-state index in [1.54, 1.807) is 6.07 Å². The van der Waals surface area contributed by atoms with E-state index in [4.69, 9.17) is 0 Å². The highest BCUT2D eigenvalue weighted by Crippen LogP contribution is 2.42. The number of rotatable bonds is 3. The molecule has 3 amide bonds. The molecule has 0 aromatic heterocycles. The second-order valence-electron chi connectivity index (χ2n) is 8.49. The Morgan fingerprint density at radius 3 is 2.26 bits per heavy atom. The first kappa shape index (κ1) is 29.3. The second kappa shape index (κ2) is 10.2. The normalized spacial score (nSPS) is 17.0. The number of benzene rings is 2. The van der Waals surface area contributed by atoms with Crippen molar-refractivity contribution in [1.82, 2.24) is 4.90 Å². The van der Waals surface area contributed by atoms with Gasteiger partial charge in [0, 0.05) is 17.6 Å². The minimum Gasteiger partial charge on any atom is -0.340 e. The van der Waals surface area contributed by atoms with Gasteiger partial charge in [0.05, 0.1) is 40.6 Å². The van der Waals surface area contributed by atoms with Gasteiger partial charge in [-0.25, -0.2) is 4.79 Å². The van der Waals surface area contributed by atoms with Crippen LogP contribution in [-0.4, -0.2) is 40.9 Å². The third-order valence-corrected chi connectivity index (χ3v) is 7.74. The number of alkyl halides is 6. The van der Waals surface area contributed by atoms with Gasteiger partial charge in [-0.3, -0.25) is 9.69 Å². The van der Waals surface area contributed by atoms with Crippen LogP contribution in [0.25, 0.3) is 0 Å². The van der Waals surface area contributed by atoms with E-state index >= 15 is 0 Å². The van der Waals surface area contributed by atoms with Gasteiger partial charge in [0.15, 0.2) is 0 Å². The quantitative estimate of drug-likeness (QED) is 0.367. The molecule has 1 aliphatic rings. The van der Waals surface area contributed by atoms with Crippen LogP contribution in [-0.2, 0) is 21.1 Å². The zero-order valence-corrected chi connectivity index (χ0v) is 21.2. The lowest BCUT2D eigenvalue weighted by atomic mass is 9.93. The van der Waals surface area contributed by atoms with Crippen molar-refractivity contribution in [1.29, 1.82) is 10.5 Å². The molecular weight excluding hydrogens is 552 g/mol. The van der Waals surface area contributed by atoms with Crippen molar-refractivity contribution in [2.75, 3.05) is 18.2 Å². The molecule has 1 atom stereocenters. The molecule has 2 aromatic rings. The largest absolute Gasteiger partial charge is 0.474 e. The highest BCUT2D eigenvalue weighted by Gasteiger charge is 2.42. The molecule has 206 valence electrons. The number of allylic oxidation sites excluding steroid dienone is 1. The number of amides is 3. The van der Waals surface area contributed by atoms with Crippen molar-refractivity contribution in [3.63, 3.8) is 0 Å². The summed E-state index contributed by atoms with van der Waals surface area (Å²) >= 11 is 0. The van der Waals surface area contributed by atoms with E-state index in [9.17, 15) is 51.0 Å². The number of likely N-dealkylation sites (N-methyl/N-ethyl adjacent to an activating group) is 1. The molecule has 1 N–H and O–H groups in total. The number of hydrogen-bond acceptors (Lipinski definition) is 4. The Hall–Kier alpha value is -4.21. The summed E-state index contributed by atoms with van der Waals surface area (Å²) in [7, 11) is -3.10. The molecule has 0 aliphatic carbocycles. The predicted molar refractivity (Wildman–Crippen MR) is 128 cm³/mol. The maximum Gasteiger partial charge on any atom is 0.474 e. The Morgan fingerprint density at radius 2 is 1.72 bits per heavy atom. The SMILES string of the molecule is CC1=C(C#N)[C@@H](c2ccc(C#N)cc2[SH](C)(O)=NC(=O)C(F)(F)F)N(C)C(=O)N1c1cccc(C(F)(F)F)c1. The van der Waals surface area contributed by atoms with Crippen LogP contribution in [0.5, 0.6) is 0 Å². The summed E-state index contributed by atoms with van der Waals surface area (Å²) in [5.74, 6) is -2.56. The fourth-order valence-electron chi connectivity index (χ4n) is 4.05. The first-order valence-corrected chi connectivity index (χ1v) is 12.9. The van der Waals surface area contributed by atoms with Crippen molar-refractivity contribution >= 4 is 27.7 Å². The first-order chi connectivity index (χ1) is 17.9. The van der Waals surface area contributed by atoms with Gasteiger partial charge in [0.1, 0.15) is 0 Å². The van der Waals surface area contributed by atoms with Crippen molar-refractivity contribution in [2.24, 2.45) is 4.36 Å². The zero-order chi connectivity index (χ0) is 29.5. The lowest BCUT2D eigenvalue weighted by Crippen LogP contribution is -2.48. The molecule has 3 rings (SSSR count). The number of halogens is 6. The van der Waals surface area contributed by atoms with Crippen LogP contribution in [0.3, 0.4) is 0 Å². The van der Waals surface area contributed by atoms with Gasteiger partial charge >= 0.3 is 24.3 Å². The summed E-state index contributed by atoms with van der Waals surface area (Å²) in [5.41, 5.74) is -1.73. The van der Waals surface area contributed by atoms with E-state index in [1.165, 1.54) is 32.2 Å². The Bertz CT molecular complexity index is 1530. The molecule has 0 saturated carbocycles. The molecule has 39 heavy (non-hydrogen) atoms. The standard InChI is InChI=1S/C24H19F6N5O3S/c1-13-18(12-32)20(34(2)22(37)35(13)16-6-4-5-15(10-16)23(25,26)27)17-8-7-14(11-31)9-19(17)39(3,38)33-21(36)24(28,29)30/h4-10,20,39H,1-3H3,(H,33,36,38)/t20-/m1/s1. The summed E-state index contributed by atoms with van der Waals surface area (Å²) in [5, 5.41) is 19.3. The number of carbonyl (C=O) groups excluding carboxylic acids is 2. The Morgan fingerprint density at radius 1 is 1.08 bits per heavy atom. The van der Waals surface area contributed by atoms with Gasteiger partial charge < -0.3 is 9.45 Å². The van der Waals surface area contributed by atoms with E-state index in [1.807, 2.05) is 6.07 Å². The molecule has 0 saturated heterocycles. The smallest absolute Gasteiger partial charge is 0.340 e. The average molecular weight is 572 g/mol. The van der Waals surface area contributed by atoms with Crippen LogP contribution < -0.4 is 4.90 Å². The maximum absolute atomic E-state index is 13.4. The van der Waals surface area contributed by atoms with Crippen molar-refractivity contribution in [3.05, 3.63) is 70.4 Å². The monoisotopic (exact) mass is 571 g/mol. The highest BCUT2D eigenvalue weighted by molar-refractivity contribution is 7.99. The molecule has 1 aliphatic heterocycles. The van der Waals surface area contributed by atoms with Gasteiger partial charge in [-0.1, -0.05) is 22.2 Å². The van der Waals surface area contributed by atoms with Crippen molar-refractivity contribution in [3.8, 4) is 12.1 Å². The maximum atomic E-state index is 13.4. The van der Waals surface area contributed by atoms with E-state index in [-0.39, 0.29) is 33.0 Å². The topological polar surface area (TPSA) is 121 Å². The first-order valence-electron chi connectivity index (χ1n) is 10.8. The van der Waals surface area contributed by atoms with Gasteiger partial charge in [0.2, 0.25) is 0 Å². The van der Waals surface area contributed by atoms with Crippen LogP contribution in [0.4, 0.5) is 36.8 Å². The number of hydrogen-bond donors (Lipinski definition) is 2. The average Bonchev–Trinajstić information content (AvgIpc) is 2.84. The molecule has 1 heterocycles. The highest BCUT2D eigenvalue weighted by atomic mass is 32.3. The van der Waals surface area contributed by atoms with Crippen LogP contribution in [0.15, 0.2) is 63.0 Å². The van der Waals surface area contributed by atoms with Crippen molar-refractivity contribution < 1.29 is 40.5 Å². The van der Waals surface area contributed by atoms with Crippen molar-refractivity contribution in [2.45, 2.75) is 30.2 Å². The van der Waals surface area contributed by atoms with Gasteiger partial charge in [-0.05, 0) is 49.1 Å². The summed E-state index contributed by atoms with van der Waals surface area (Å²) in [6, 6.07) is 8.65. The van der Waals surface area contributed by atoms with Crippen LogP contribution >= 0.6 is 0 Å². The number of anilines is 1. The Kier molecular flexibility index (Phi) is 7.65. The molecule has 0 radical (unpaired) electrons. The third-order valence-electron chi connectivity index (χ3n) is 5.87. The van der Waals surface area contributed by atoms with E-state index < -0.39 is 46.0 Å². The predicted octanol–water partition coefficient (Wildman–Crippen LogP) is 5.61. The summed E-state index contributed by atoms with van der Waals surface area (Å²) < 4.78 is 92.5. The van der Waals surface area contributed by atoms with Gasteiger partial charge in [0.25, 0.3) is 0 Å². The Balaban J connectivity index is 2.28. The van der Waals surface area contributed by atoms with E-state index in [0.717, 1.165) is 40.3 Å². The minimum atomic E-state index is -5.39. The summed E-state index contributed by atoms with van der Waals surface area (Å²) in [6.07, 6.45) is -9.24. The lowest BCUT2D eigenvalue weighted by Gasteiger charge is -2.41. The number of carbonyl (C=O) groups is 2. The minimum absolute atomic E-state index is 0.0819. The molecule has 15 heteroatoms. The summed E-state index contributed by atoms with van der Waals surface area (Å²) in [6.45, 7) is 1.30. The van der Waals surface area contributed by atoms with Gasteiger partial charge in [-0.15, -0.1) is 0 Å². The molecule has 2 aromatic carbocycles.